The monoisotopic (exact) mass is 504 g/mol. The summed E-state index contributed by atoms with van der Waals surface area (Å²) < 4.78 is 8.65. The van der Waals surface area contributed by atoms with E-state index in [2.05, 4.69) is 41.0 Å². The number of aryl methyl sites for hydroxylation is 1. The number of aromatic nitrogens is 2. The Morgan fingerprint density at radius 1 is 1.19 bits per heavy atom. The molecule has 0 aliphatic carbocycles. The van der Waals surface area contributed by atoms with Crippen LogP contribution in [0, 0.1) is 6.92 Å². The number of carbonyl (C=O) groups excluding carboxylic acids is 2. The maximum Gasteiger partial charge on any atom is 0.410 e. The molecule has 8 heteroatoms. The Kier molecular flexibility index (Phi) is 6.47. The Labute approximate surface area is 215 Å². The topological polar surface area (TPSA) is 75.9 Å². The van der Waals surface area contributed by atoms with Crippen molar-refractivity contribution in [1.29, 1.82) is 0 Å². The van der Waals surface area contributed by atoms with Crippen LogP contribution in [0.4, 0.5) is 4.79 Å². The number of carbonyl (C=O) groups is 2. The zero-order valence-corrected chi connectivity index (χ0v) is 22.0. The molecule has 188 valence electrons. The SMILES string of the molecule is Cc1cccc(-c2cn3c(n2)sc2cc(C(=O)NCCC4CCCN4C(=O)OC(C)(C)C)ccc23)c1. The summed E-state index contributed by atoms with van der Waals surface area (Å²) in [5.41, 5.74) is 4.40. The van der Waals surface area contributed by atoms with E-state index in [0.29, 0.717) is 25.1 Å². The van der Waals surface area contributed by atoms with Crippen molar-refractivity contribution in [3.05, 3.63) is 59.8 Å². The molecule has 36 heavy (non-hydrogen) atoms. The van der Waals surface area contributed by atoms with Gasteiger partial charge in [-0.2, -0.15) is 0 Å². The molecular weight excluding hydrogens is 472 g/mol. The summed E-state index contributed by atoms with van der Waals surface area (Å²) in [5.74, 6) is -0.106. The molecule has 0 radical (unpaired) electrons. The van der Waals surface area contributed by atoms with E-state index in [1.165, 1.54) is 5.56 Å². The molecule has 3 heterocycles. The number of imidazole rings is 1. The predicted molar refractivity (Wildman–Crippen MR) is 144 cm³/mol. The number of benzene rings is 2. The molecule has 7 nitrogen and oxygen atoms in total. The Morgan fingerprint density at radius 2 is 2.03 bits per heavy atom. The summed E-state index contributed by atoms with van der Waals surface area (Å²) in [6.45, 7) is 8.92. The molecule has 2 aromatic carbocycles. The Bertz CT molecular complexity index is 1430. The van der Waals surface area contributed by atoms with Gasteiger partial charge in [0, 0.05) is 36.5 Å². The number of likely N-dealkylation sites (tertiary alicyclic amines) is 1. The standard InChI is InChI=1S/C28H32N4O3S/c1-18-7-5-8-19(15-18)22-17-32-23-11-10-20(16-24(23)36-26(32)30-22)25(33)29-13-12-21-9-6-14-31(21)27(34)35-28(2,3)4/h5,7-8,10-11,15-17,21H,6,9,12-14H2,1-4H3,(H,29,33). The van der Waals surface area contributed by atoms with Crippen LogP contribution in [0.2, 0.25) is 0 Å². The largest absolute Gasteiger partial charge is 0.444 e. The minimum atomic E-state index is -0.511. The number of hydrogen-bond donors (Lipinski definition) is 1. The molecule has 1 fully saturated rings. The molecule has 0 spiro atoms. The van der Waals surface area contributed by atoms with Gasteiger partial charge < -0.3 is 15.0 Å². The van der Waals surface area contributed by atoms with E-state index in [0.717, 1.165) is 39.3 Å². The van der Waals surface area contributed by atoms with Gasteiger partial charge in [0.2, 0.25) is 0 Å². The van der Waals surface area contributed by atoms with Crippen molar-refractivity contribution in [1.82, 2.24) is 19.6 Å². The van der Waals surface area contributed by atoms with Crippen molar-refractivity contribution in [2.24, 2.45) is 0 Å². The van der Waals surface area contributed by atoms with E-state index < -0.39 is 5.60 Å². The number of amides is 2. The fraction of sp³-hybridized carbons (Fsp3) is 0.393. The lowest BCUT2D eigenvalue weighted by atomic mass is 10.1. The lowest BCUT2D eigenvalue weighted by Crippen LogP contribution is -2.41. The fourth-order valence-electron chi connectivity index (χ4n) is 4.74. The van der Waals surface area contributed by atoms with Gasteiger partial charge in [0.15, 0.2) is 4.96 Å². The fourth-order valence-corrected chi connectivity index (χ4v) is 5.78. The number of rotatable bonds is 5. The minimum absolute atomic E-state index is 0.0929. The van der Waals surface area contributed by atoms with Crippen LogP contribution >= 0.6 is 11.3 Å². The van der Waals surface area contributed by atoms with Gasteiger partial charge in [-0.3, -0.25) is 9.20 Å². The molecule has 1 aliphatic rings. The van der Waals surface area contributed by atoms with Crippen molar-refractivity contribution >= 4 is 38.5 Å². The smallest absolute Gasteiger partial charge is 0.410 e. The van der Waals surface area contributed by atoms with Crippen LogP contribution in [0.25, 0.3) is 26.4 Å². The van der Waals surface area contributed by atoms with Crippen LogP contribution in [-0.2, 0) is 4.74 Å². The van der Waals surface area contributed by atoms with Gasteiger partial charge >= 0.3 is 6.09 Å². The molecule has 0 bridgehead atoms. The maximum atomic E-state index is 12.9. The average Bonchev–Trinajstić information content (AvgIpc) is 3.52. The summed E-state index contributed by atoms with van der Waals surface area (Å²) in [4.78, 5) is 32.9. The van der Waals surface area contributed by atoms with Gasteiger partial charge in [-0.1, -0.05) is 35.1 Å². The maximum absolute atomic E-state index is 12.9. The third kappa shape index (κ3) is 5.09. The second-order valence-corrected chi connectivity index (χ2v) is 11.5. The van der Waals surface area contributed by atoms with Crippen molar-refractivity contribution < 1.29 is 14.3 Å². The summed E-state index contributed by atoms with van der Waals surface area (Å²) in [6, 6.07) is 14.2. The van der Waals surface area contributed by atoms with Gasteiger partial charge in [0.25, 0.3) is 5.91 Å². The van der Waals surface area contributed by atoms with E-state index in [1.807, 2.05) is 45.0 Å². The van der Waals surface area contributed by atoms with Gasteiger partial charge in [0.1, 0.15) is 5.60 Å². The molecular formula is C28H32N4O3S. The Balaban J connectivity index is 1.23. The summed E-state index contributed by atoms with van der Waals surface area (Å²) in [7, 11) is 0. The first kappa shape index (κ1) is 24.3. The van der Waals surface area contributed by atoms with Crippen molar-refractivity contribution in [2.45, 2.75) is 58.6 Å². The molecule has 1 atom stereocenters. The molecule has 5 rings (SSSR count). The third-order valence-corrected chi connectivity index (χ3v) is 7.46. The highest BCUT2D eigenvalue weighted by molar-refractivity contribution is 7.23. The van der Waals surface area contributed by atoms with E-state index in [1.54, 1.807) is 16.2 Å². The van der Waals surface area contributed by atoms with Gasteiger partial charge in [-0.05, 0) is 71.2 Å². The minimum Gasteiger partial charge on any atom is -0.444 e. The molecule has 1 aliphatic heterocycles. The van der Waals surface area contributed by atoms with Crippen molar-refractivity contribution in [2.75, 3.05) is 13.1 Å². The summed E-state index contributed by atoms with van der Waals surface area (Å²) >= 11 is 1.58. The number of nitrogens with zero attached hydrogens (tertiary/aromatic N) is 3. The van der Waals surface area contributed by atoms with Crippen LogP contribution < -0.4 is 5.32 Å². The van der Waals surface area contributed by atoms with Crippen LogP contribution in [0.3, 0.4) is 0 Å². The molecule has 4 aromatic rings. The zero-order valence-electron chi connectivity index (χ0n) is 21.2. The normalized spacial score (nSPS) is 16.1. The first-order valence-corrected chi connectivity index (χ1v) is 13.3. The van der Waals surface area contributed by atoms with Gasteiger partial charge in [-0.25, -0.2) is 9.78 Å². The lowest BCUT2D eigenvalue weighted by Gasteiger charge is -2.28. The molecule has 0 saturated carbocycles. The Morgan fingerprint density at radius 3 is 2.81 bits per heavy atom. The summed E-state index contributed by atoms with van der Waals surface area (Å²) in [5, 5.41) is 3.03. The Hall–Kier alpha value is -3.39. The molecule has 1 saturated heterocycles. The number of thiazole rings is 1. The average molecular weight is 505 g/mol. The van der Waals surface area contributed by atoms with Gasteiger partial charge in [-0.15, -0.1) is 0 Å². The van der Waals surface area contributed by atoms with Crippen LogP contribution in [0.15, 0.2) is 48.7 Å². The van der Waals surface area contributed by atoms with Crippen LogP contribution in [0.5, 0.6) is 0 Å². The van der Waals surface area contributed by atoms with Crippen LogP contribution in [0.1, 0.15) is 56.0 Å². The molecule has 1 unspecified atom stereocenters. The third-order valence-electron chi connectivity index (χ3n) is 6.44. The highest BCUT2D eigenvalue weighted by atomic mass is 32.1. The highest BCUT2D eigenvalue weighted by Gasteiger charge is 2.31. The number of hydrogen-bond acceptors (Lipinski definition) is 5. The zero-order chi connectivity index (χ0) is 25.4. The first-order chi connectivity index (χ1) is 17.2. The number of nitrogens with one attached hydrogen (secondary N) is 1. The molecule has 2 aromatic heterocycles. The highest BCUT2D eigenvalue weighted by Crippen LogP contribution is 2.30. The molecule has 2 amide bonds. The van der Waals surface area contributed by atoms with E-state index in [4.69, 9.17) is 9.72 Å². The summed E-state index contributed by atoms with van der Waals surface area (Å²) in [6.07, 6.45) is 4.39. The molecule has 1 N–H and O–H groups in total. The van der Waals surface area contributed by atoms with Crippen molar-refractivity contribution in [3.8, 4) is 11.3 Å². The van der Waals surface area contributed by atoms with E-state index >= 15 is 0 Å². The van der Waals surface area contributed by atoms with Crippen LogP contribution in [-0.4, -0.2) is 51.0 Å². The van der Waals surface area contributed by atoms with Gasteiger partial charge in [0.05, 0.1) is 15.9 Å². The second kappa shape index (κ2) is 9.58. The first-order valence-electron chi connectivity index (χ1n) is 12.4. The van der Waals surface area contributed by atoms with E-state index in [9.17, 15) is 9.59 Å². The predicted octanol–water partition coefficient (Wildman–Crippen LogP) is 6.04. The van der Waals surface area contributed by atoms with E-state index in [-0.39, 0.29) is 18.0 Å². The van der Waals surface area contributed by atoms with Crippen molar-refractivity contribution in [3.63, 3.8) is 0 Å². The number of ether oxygens (including phenoxy) is 1. The lowest BCUT2D eigenvalue weighted by molar-refractivity contribution is 0.0221. The second-order valence-electron chi connectivity index (χ2n) is 10.4. The number of fused-ring (bicyclic) bond motifs is 3. The quantitative estimate of drug-likeness (QED) is 0.359.